The number of piperidine rings is 1. The van der Waals surface area contributed by atoms with Gasteiger partial charge in [0, 0.05) is 18.4 Å². The van der Waals surface area contributed by atoms with Crippen molar-refractivity contribution in [2.24, 2.45) is 0 Å². The molecule has 0 radical (unpaired) electrons. The second-order valence-electron chi connectivity index (χ2n) is 6.88. The zero-order chi connectivity index (χ0) is 17.6. The second-order valence-corrected chi connectivity index (χ2v) is 7.89. The fraction of sp³-hybridized carbons (Fsp3) is 0.444. The number of rotatable bonds is 3. The lowest BCUT2D eigenvalue weighted by atomic mass is 9.98. The number of aromatic nitrogens is 3. The summed E-state index contributed by atoms with van der Waals surface area (Å²) in [7, 11) is 0. The van der Waals surface area contributed by atoms with Crippen LogP contribution < -0.4 is 4.90 Å². The number of aliphatic hydroxyl groups excluding tert-OH is 1. The molecule has 6 nitrogen and oxygen atoms in total. The molecule has 1 aromatic carbocycles. The van der Waals surface area contributed by atoms with Crippen molar-refractivity contribution < 1.29 is 15.1 Å². The maximum atomic E-state index is 10.8. The molecule has 132 valence electrons. The number of quaternary nitrogens is 1. The molecule has 1 aliphatic heterocycles. The number of aromatic hydroxyl groups is 1. The molecule has 1 atom stereocenters. The predicted molar refractivity (Wildman–Crippen MR) is 96.2 cm³/mol. The minimum absolute atomic E-state index is 0.0295. The molecule has 0 aliphatic carbocycles. The molecule has 7 heteroatoms. The van der Waals surface area contributed by atoms with Gasteiger partial charge in [0.05, 0.1) is 19.2 Å². The molecular weight excluding hydrogens is 336 g/mol. The average Bonchev–Trinajstić information content (AvgIpc) is 3.09. The van der Waals surface area contributed by atoms with Gasteiger partial charge in [-0.2, -0.15) is 4.52 Å². The Morgan fingerprint density at radius 3 is 2.52 bits per heavy atom. The van der Waals surface area contributed by atoms with E-state index in [2.05, 4.69) is 41.3 Å². The van der Waals surface area contributed by atoms with Gasteiger partial charge in [-0.1, -0.05) is 41.2 Å². The van der Waals surface area contributed by atoms with Crippen LogP contribution in [0.2, 0.25) is 0 Å². The largest absolute Gasteiger partial charge is 0.492 e. The van der Waals surface area contributed by atoms with Crippen LogP contribution in [0.1, 0.15) is 40.7 Å². The minimum Gasteiger partial charge on any atom is -0.492 e. The molecule has 1 fully saturated rings. The quantitative estimate of drug-likeness (QED) is 0.658. The van der Waals surface area contributed by atoms with Gasteiger partial charge in [-0.3, -0.25) is 0 Å². The number of aryl methyl sites for hydroxylation is 2. The molecular formula is C18H23N4O2S+. The van der Waals surface area contributed by atoms with Crippen molar-refractivity contribution in [3.05, 3.63) is 46.1 Å². The van der Waals surface area contributed by atoms with Crippen LogP contribution in [-0.4, -0.2) is 44.0 Å². The zero-order valence-corrected chi connectivity index (χ0v) is 15.3. The number of likely N-dealkylation sites (tertiary alicyclic amines) is 1. The Hall–Kier alpha value is -1.96. The predicted octanol–water partition coefficient (Wildman–Crippen LogP) is 1.24. The van der Waals surface area contributed by atoms with E-state index in [1.54, 1.807) is 0 Å². The highest BCUT2D eigenvalue weighted by Crippen LogP contribution is 2.35. The highest BCUT2D eigenvalue weighted by molar-refractivity contribution is 7.17. The van der Waals surface area contributed by atoms with E-state index in [1.165, 1.54) is 31.9 Å². The van der Waals surface area contributed by atoms with Gasteiger partial charge in [-0.15, -0.1) is 5.10 Å². The van der Waals surface area contributed by atoms with Gasteiger partial charge in [-0.05, 0) is 13.8 Å². The van der Waals surface area contributed by atoms with E-state index in [0.717, 1.165) is 35.8 Å². The van der Waals surface area contributed by atoms with E-state index >= 15 is 0 Å². The van der Waals surface area contributed by atoms with Crippen molar-refractivity contribution in [2.75, 3.05) is 13.1 Å². The van der Waals surface area contributed by atoms with E-state index < -0.39 is 0 Å². The van der Waals surface area contributed by atoms with E-state index in [9.17, 15) is 10.2 Å². The van der Waals surface area contributed by atoms with Gasteiger partial charge < -0.3 is 15.1 Å². The number of hydrogen-bond acceptors (Lipinski definition) is 5. The first kappa shape index (κ1) is 16.5. The Kier molecular flexibility index (Phi) is 4.23. The summed E-state index contributed by atoms with van der Waals surface area (Å²) in [5, 5.41) is 24.9. The third-order valence-corrected chi connectivity index (χ3v) is 6.07. The van der Waals surface area contributed by atoms with E-state index in [0.29, 0.717) is 5.82 Å². The van der Waals surface area contributed by atoms with Crippen molar-refractivity contribution in [3.8, 4) is 5.88 Å². The molecule has 0 unspecified atom stereocenters. The lowest BCUT2D eigenvalue weighted by Crippen LogP contribution is -3.13. The second kappa shape index (κ2) is 6.40. The van der Waals surface area contributed by atoms with Crippen molar-refractivity contribution in [2.45, 2.75) is 38.8 Å². The van der Waals surface area contributed by atoms with Crippen LogP contribution in [0.25, 0.3) is 4.96 Å². The Morgan fingerprint density at radius 1 is 1.20 bits per heavy atom. The fourth-order valence-electron chi connectivity index (χ4n) is 3.63. The smallest absolute Gasteiger partial charge is 0.235 e. The summed E-state index contributed by atoms with van der Waals surface area (Å²) in [6.07, 6.45) is 1.37. The number of aliphatic hydroxyl groups is 1. The molecule has 0 spiro atoms. The molecule has 4 rings (SSSR count). The molecule has 1 aliphatic rings. The van der Waals surface area contributed by atoms with Crippen LogP contribution >= 0.6 is 11.3 Å². The summed E-state index contributed by atoms with van der Waals surface area (Å²) in [5.41, 5.74) is 2.39. The van der Waals surface area contributed by atoms with Gasteiger partial charge in [0.2, 0.25) is 10.8 Å². The summed E-state index contributed by atoms with van der Waals surface area (Å²) in [5.74, 6) is 0.846. The standard InChI is InChI=1S/C18H22N4O2S/c1-11-3-5-13(6-4-11)15(21-9-7-14(23)8-10-21)16-17(24)22-18(25-16)19-12(2)20-22/h3-6,14-15,23-24H,7-10H2,1-2H3/p+1/t15-/m0/s1. The van der Waals surface area contributed by atoms with Crippen LogP contribution in [0, 0.1) is 13.8 Å². The van der Waals surface area contributed by atoms with E-state index in [1.807, 2.05) is 6.92 Å². The summed E-state index contributed by atoms with van der Waals surface area (Å²) < 4.78 is 1.54. The van der Waals surface area contributed by atoms with Crippen molar-refractivity contribution >= 4 is 16.3 Å². The topological polar surface area (TPSA) is 75.1 Å². The van der Waals surface area contributed by atoms with Gasteiger partial charge >= 0.3 is 0 Å². The molecule has 1 saturated heterocycles. The first-order chi connectivity index (χ1) is 12.0. The zero-order valence-electron chi connectivity index (χ0n) is 14.4. The third kappa shape index (κ3) is 3.03. The number of thiazole rings is 1. The fourth-order valence-corrected chi connectivity index (χ4v) is 4.82. The lowest BCUT2D eigenvalue weighted by Gasteiger charge is -2.33. The van der Waals surface area contributed by atoms with E-state index in [-0.39, 0.29) is 18.0 Å². The summed E-state index contributed by atoms with van der Waals surface area (Å²) >= 11 is 1.50. The van der Waals surface area contributed by atoms with Crippen molar-refractivity contribution in [1.82, 2.24) is 14.6 Å². The normalized spacial score (nSPS) is 22.4. The van der Waals surface area contributed by atoms with Gasteiger partial charge in [0.25, 0.3) is 0 Å². The molecule has 25 heavy (non-hydrogen) atoms. The molecule has 3 N–H and O–H groups in total. The SMILES string of the molecule is Cc1ccc([C@@H](c2sc3nc(C)nn3c2O)[NH+]2CCC(O)CC2)cc1. The molecule has 0 amide bonds. The van der Waals surface area contributed by atoms with E-state index in [4.69, 9.17) is 0 Å². The van der Waals surface area contributed by atoms with Crippen LogP contribution in [0.5, 0.6) is 5.88 Å². The van der Waals surface area contributed by atoms with Crippen LogP contribution in [-0.2, 0) is 0 Å². The monoisotopic (exact) mass is 359 g/mol. The Labute approximate surface area is 150 Å². The molecule has 0 saturated carbocycles. The average molecular weight is 359 g/mol. The first-order valence-electron chi connectivity index (χ1n) is 8.67. The number of nitrogens with zero attached hydrogens (tertiary/aromatic N) is 3. The highest BCUT2D eigenvalue weighted by atomic mass is 32.1. The summed E-state index contributed by atoms with van der Waals surface area (Å²) in [6.45, 7) is 5.66. The maximum absolute atomic E-state index is 10.8. The number of nitrogens with one attached hydrogen (secondary N) is 1. The Balaban J connectivity index is 1.79. The summed E-state index contributed by atoms with van der Waals surface area (Å²) in [6, 6.07) is 8.52. The maximum Gasteiger partial charge on any atom is 0.235 e. The number of fused-ring (bicyclic) bond motifs is 1. The first-order valence-corrected chi connectivity index (χ1v) is 9.49. The lowest BCUT2D eigenvalue weighted by molar-refractivity contribution is -0.931. The minimum atomic E-state index is -0.207. The van der Waals surface area contributed by atoms with Crippen LogP contribution in [0.4, 0.5) is 0 Å². The third-order valence-electron chi connectivity index (χ3n) is 4.98. The molecule has 2 aromatic heterocycles. The van der Waals surface area contributed by atoms with Gasteiger partial charge in [-0.25, -0.2) is 4.98 Å². The van der Waals surface area contributed by atoms with Crippen molar-refractivity contribution in [1.29, 1.82) is 0 Å². The Bertz CT molecular complexity index is 879. The van der Waals surface area contributed by atoms with Gasteiger partial charge in [0.1, 0.15) is 10.7 Å². The molecule has 3 aromatic rings. The number of hydrogen-bond donors (Lipinski definition) is 3. The van der Waals surface area contributed by atoms with Crippen LogP contribution in [0.3, 0.4) is 0 Å². The van der Waals surface area contributed by atoms with Crippen LogP contribution in [0.15, 0.2) is 24.3 Å². The number of benzene rings is 1. The molecule has 3 heterocycles. The summed E-state index contributed by atoms with van der Waals surface area (Å²) in [4.78, 5) is 7.38. The van der Waals surface area contributed by atoms with Gasteiger partial charge in [0.15, 0.2) is 6.04 Å². The Morgan fingerprint density at radius 2 is 1.88 bits per heavy atom. The molecule has 0 bridgehead atoms. The highest BCUT2D eigenvalue weighted by Gasteiger charge is 2.35. The van der Waals surface area contributed by atoms with Crippen molar-refractivity contribution in [3.63, 3.8) is 0 Å².